The first kappa shape index (κ1) is 16.0. The zero-order valence-corrected chi connectivity index (χ0v) is 12.9. The third kappa shape index (κ3) is 4.29. The minimum Gasteiger partial charge on any atom is -0.406 e. The molecule has 1 amide bonds. The molecular formula is C11H9BrF3N3O2S. The van der Waals surface area contributed by atoms with Crippen LogP contribution < -0.4 is 15.4 Å². The van der Waals surface area contributed by atoms with Crippen LogP contribution in [0.4, 0.5) is 18.3 Å². The number of amides is 1. The molecule has 0 saturated carbocycles. The molecule has 2 rings (SSSR count). The van der Waals surface area contributed by atoms with Gasteiger partial charge < -0.3 is 15.4 Å². The highest BCUT2D eigenvalue weighted by Crippen LogP contribution is 2.36. The van der Waals surface area contributed by atoms with Gasteiger partial charge in [0.2, 0.25) is 5.91 Å². The Morgan fingerprint density at radius 3 is 2.81 bits per heavy atom. The molecule has 0 aliphatic carbocycles. The third-order valence-corrected chi connectivity index (χ3v) is 3.76. The molecule has 1 aromatic heterocycles. The van der Waals surface area contributed by atoms with Gasteiger partial charge >= 0.3 is 6.36 Å². The van der Waals surface area contributed by atoms with Crippen molar-refractivity contribution in [1.29, 1.82) is 0 Å². The highest BCUT2D eigenvalue weighted by molar-refractivity contribution is 9.10. The van der Waals surface area contributed by atoms with Gasteiger partial charge in [-0.25, -0.2) is 4.98 Å². The van der Waals surface area contributed by atoms with Crippen molar-refractivity contribution >= 4 is 48.5 Å². The quantitative estimate of drug-likeness (QED) is 0.851. The van der Waals surface area contributed by atoms with Gasteiger partial charge in [0, 0.05) is 10.5 Å². The van der Waals surface area contributed by atoms with Gasteiger partial charge in [-0.2, -0.15) is 0 Å². The molecule has 0 radical (unpaired) electrons. The lowest BCUT2D eigenvalue weighted by molar-refractivity contribution is -0.274. The lowest BCUT2D eigenvalue weighted by atomic mass is 10.3. The fraction of sp³-hybridized carbons (Fsp3) is 0.273. The summed E-state index contributed by atoms with van der Waals surface area (Å²) in [6, 6.07) is 2.40. The molecule has 0 saturated heterocycles. The number of thiazole rings is 1. The predicted octanol–water partition coefficient (Wildman–Crippen LogP) is 3.12. The molecule has 0 aliphatic heterocycles. The summed E-state index contributed by atoms with van der Waals surface area (Å²) >= 11 is 4.19. The van der Waals surface area contributed by atoms with Crippen molar-refractivity contribution in [2.45, 2.75) is 6.36 Å². The summed E-state index contributed by atoms with van der Waals surface area (Å²) in [5.74, 6) is -0.641. The Morgan fingerprint density at radius 1 is 1.48 bits per heavy atom. The molecule has 114 valence electrons. The number of nitrogens with zero attached hydrogens (tertiary/aromatic N) is 1. The highest BCUT2D eigenvalue weighted by atomic mass is 79.9. The van der Waals surface area contributed by atoms with Crippen LogP contribution in [0.3, 0.4) is 0 Å². The zero-order chi connectivity index (χ0) is 15.6. The molecule has 2 aromatic rings. The van der Waals surface area contributed by atoms with Crippen molar-refractivity contribution in [3.05, 3.63) is 16.6 Å². The standard InChI is InChI=1S/C11H9BrF3N3O2S/c1-16-4-8(19)17-10-18-9-6(12)2-5(3-7(9)21-10)20-11(13,14)15/h2-3,16H,4H2,1H3,(H,17,18,19). The molecule has 0 spiro atoms. The second-order valence-corrected chi connectivity index (χ2v) is 5.78. The molecule has 0 unspecified atom stereocenters. The molecule has 21 heavy (non-hydrogen) atoms. The van der Waals surface area contributed by atoms with Crippen LogP contribution >= 0.6 is 27.3 Å². The van der Waals surface area contributed by atoms with E-state index in [1.807, 2.05) is 0 Å². The summed E-state index contributed by atoms with van der Waals surface area (Å²) in [7, 11) is 1.62. The first-order valence-corrected chi connectivity index (χ1v) is 7.20. The summed E-state index contributed by atoms with van der Waals surface area (Å²) < 4.78 is 41.3. The Hall–Kier alpha value is -1.39. The third-order valence-electron chi connectivity index (χ3n) is 2.24. The van der Waals surface area contributed by atoms with Gasteiger partial charge in [0.1, 0.15) is 5.75 Å². The Bertz CT molecular complexity index is 675. The monoisotopic (exact) mass is 383 g/mol. The van der Waals surface area contributed by atoms with Crippen LogP contribution in [0.2, 0.25) is 0 Å². The van der Waals surface area contributed by atoms with Crippen molar-refractivity contribution in [2.24, 2.45) is 0 Å². The van der Waals surface area contributed by atoms with Gasteiger partial charge in [0.15, 0.2) is 5.13 Å². The molecule has 1 aromatic carbocycles. The van der Waals surface area contributed by atoms with Crippen molar-refractivity contribution < 1.29 is 22.7 Å². The molecule has 10 heteroatoms. The van der Waals surface area contributed by atoms with Crippen LogP contribution in [-0.4, -0.2) is 30.8 Å². The molecular weight excluding hydrogens is 375 g/mol. The van der Waals surface area contributed by atoms with E-state index in [2.05, 4.69) is 36.3 Å². The minimum absolute atomic E-state index is 0.111. The van der Waals surface area contributed by atoms with Gasteiger partial charge in [-0.15, -0.1) is 13.2 Å². The summed E-state index contributed by atoms with van der Waals surface area (Å²) in [4.78, 5) is 15.6. The molecule has 0 atom stereocenters. The Balaban J connectivity index is 2.30. The first-order chi connectivity index (χ1) is 9.78. The van der Waals surface area contributed by atoms with E-state index in [0.29, 0.717) is 19.8 Å². The Kier molecular flexibility index (Phi) is 4.69. The number of hydrogen-bond acceptors (Lipinski definition) is 5. The summed E-state index contributed by atoms with van der Waals surface area (Å²) in [6.45, 7) is 0.111. The molecule has 0 fully saturated rings. The van der Waals surface area contributed by atoms with E-state index >= 15 is 0 Å². The van der Waals surface area contributed by atoms with Crippen LogP contribution in [0.15, 0.2) is 16.6 Å². The number of halogens is 4. The zero-order valence-electron chi connectivity index (χ0n) is 10.5. The smallest absolute Gasteiger partial charge is 0.406 e. The topological polar surface area (TPSA) is 63.2 Å². The second kappa shape index (κ2) is 6.16. The van der Waals surface area contributed by atoms with Crippen molar-refractivity contribution in [1.82, 2.24) is 10.3 Å². The number of carbonyl (C=O) groups is 1. The summed E-state index contributed by atoms with van der Waals surface area (Å²) in [6.07, 6.45) is -4.76. The van der Waals surface area contributed by atoms with Crippen molar-refractivity contribution in [3.63, 3.8) is 0 Å². The van der Waals surface area contributed by atoms with Crippen LogP contribution in [0.1, 0.15) is 0 Å². The fourth-order valence-corrected chi connectivity index (χ4v) is 3.13. The highest BCUT2D eigenvalue weighted by Gasteiger charge is 2.31. The maximum atomic E-state index is 12.2. The number of rotatable bonds is 4. The molecule has 1 heterocycles. The number of carbonyl (C=O) groups excluding carboxylic acids is 1. The molecule has 0 aliphatic rings. The predicted molar refractivity (Wildman–Crippen MR) is 76.6 cm³/mol. The van der Waals surface area contributed by atoms with Crippen molar-refractivity contribution in [2.75, 3.05) is 18.9 Å². The number of fused-ring (bicyclic) bond motifs is 1. The normalized spacial score (nSPS) is 11.7. The van der Waals surface area contributed by atoms with Crippen molar-refractivity contribution in [3.8, 4) is 5.75 Å². The Morgan fingerprint density at radius 2 is 2.19 bits per heavy atom. The van der Waals surface area contributed by atoms with Gasteiger partial charge in [-0.05, 0) is 29.0 Å². The van der Waals surface area contributed by atoms with E-state index in [1.54, 1.807) is 7.05 Å². The second-order valence-electron chi connectivity index (χ2n) is 3.90. The maximum Gasteiger partial charge on any atom is 0.573 e. The minimum atomic E-state index is -4.76. The average molecular weight is 384 g/mol. The van der Waals surface area contributed by atoms with Crippen LogP contribution in [0.25, 0.3) is 10.2 Å². The largest absolute Gasteiger partial charge is 0.573 e. The number of likely N-dealkylation sites (N-methyl/N-ethyl adjacent to an activating group) is 1. The van der Waals surface area contributed by atoms with E-state index in [0.717, 1.165) is 11.3 Å². The molecule has 2 N–H and O–H groups in total. The van der Waals surface area contributed by atoms with E-state index in [1.165, 1.54) is 12.1 Å². The lowest BCUT2D eigenvalue weighted by Crippen LogP contribution is -2.24. The summed E-state index contributed by atoms with van der Waals surface area (Å²) in [5.41, 5.74) is 0.453. The number of alkyl halides is 3. The lowest BCUT2D eigenvalue weighted by Gasteiger charge is -2.08. The average Bonchev–Trinajstić information content (AvgIpc) is 2.69. The first-order valence-electron chi connectivity index (χ1n) is 5.59. The Labute approximate surface area is 129 Å². The SMILES string of the molecule is CNCC(=O)Nc1nc2c(Br)cc(OC(F)(F)F)cc2s1. The van der Waals surface area contributed by atoms with Gasteiger partial charge in [-0.3, -0.25) is 4.79 Å². The number of benzene rings is 1. The van der Waals surface area contributed by atoms with Gasteiger partial charge in [0.05, 0.1) is 16.8 Å². The number of nitrogens with one attached hydrogen (secondary N) is 2. The van der Waals surface area contributed by atoms with E-state index in [9.17, 15) is 18.0 Å². The number of ether oxygens (including phenoxy) is 1. The fourth-order valence-electron chi connectivity index (χ4n) is 1.54. The van der Waals surface area contributed by atoms with Crippen LogP contribution in [0, 0.1) is 0 Å². The van der Waals surface area contributed by atoms with Crippen LogP contribution in [0.5, 0.6) is 5.75 Å². The molecule has 0 bridgehead atoms. The number of hydrogen-bond donors (Lipinski definition) is 2. The van der Waals surface area contributed by atoms with Gasteiger partial charge in [0.25, 0.3) is 0 Å². The summed E-state index contributed by atoms with van der Waals surface area (Å²) in [5, 5.41) is 5.53. The maximum absolute atomic E-state index is 12.2. The van der Waals surface area contributed by atoms with E-state index in [4.69, 9.17) is 0 Å². The number of anilines is 1. The van der Waals surface area contributed by atoms with Crippen LogP contribution in [-0.2, 0) is 4.79 Å². The van der Waals surface area contributed by atoms with Gasteiger partial charge in [-0.1, -0.05) is 11.3 Å². The molecule has 5 nitrogen and oxygen atoms in total. The van der Waals surface area contributed by atoms with E-state index in [-0.39, 0.29) is 18.2 Å². The van der Waals surface area contributed by atoms with E-state index < -0.39 is 6.36 Å². The number of aromatic nitrogens is 1.